The number of anilines is 1. The highest BCUT2D eigenvalue weighted by Gasteiger charge is 2.25. The van der Waals surface area contributed by atoms with Gasteiger partial charge in [-0.1, -0.05) is 6.07 Å². The zero-order valence-corrected chi connectivity index (χ0v) is 9.94. The van der Waals surface area contributed by atoms with Crippen molar-refractivity contribution in [2.24, 2.45) is 0 Å². The van der Waals surface area contributed by atoms with E-state index in [2.05, 4.69) is 14.6 Å². The van der Waals surface area contributed by atoms with Gasteiger partial charge in [0.15, 0.2) is 0 Å². The van der Waals surface area contributed by atoms with E-state index in [1.807, 2.05) is 18.2 Å². The summed E-state index contributed by atoms with van der Waals surface area (Å²) in [5.41, 5.74) is 0. The number of aromatic nitrogens is 1. The molecular weight excluding hydrogens is 226 g/mol. The van der Waals surface area contributed by atoms with E-state index in [1.165, 1.54) is 6.26 Å². The van der Waals surface area contributed by atoms with Crippen molar-refractivity contribution in [2.75, 3.05) is 24.2 Å². The molecule has 1 aromatic heterocycles. The van der Waals surface area contributed by atoms with Crippen LogP contribution in [0.1, 0.15) is 6.42 Å². The number of hydrogen-bond donors (Lipinski definition) is 1. The Morgan fingerprint density at radius 1 is 1.50 bits per heavy atom. The molecule has 0 amide bonds. The standard InChI is InChI=1S/C10H15N3O2S/c1-16(14,15)12-9-5-7-13(8-9)10-4-2-3-6-11-10/h2-4,6,9,12H,5,7-8H2,1H3/t9-/m1/s1. The first-order chi connectivity index (χ1) is 7.54. The van der Waals surface area contributed by atoms with E-state index in [0.717, 1.165) is 18.8 Å². The molecule has 5 nitrogen and oxygen atoms in total. The smallest absolute Gasteiger partial charge is 0.209 e. The molecule has 1 atom stereocenters. The van der Waals surface area contributed by atoms with Gasteiger partial charge in [-0.3, -0.25) is 0 Å². The van der Waals surface area contributed by atoms with Gasteiger partial charge in [0.05, 0.1) is 6.26 Å². The van der Waals surface area contributed by atoms with Gasteiger partial charge in [0.2, 0.25) is 10.0 Å². The van der Waals surface area contributed by atoms with Crippen LogP contribution in [0.3, 0.4) is 0 Å². The molecule has 0 bridgehead atoms. The van der Waals surface area contributed by atoms with Crippen LogP contribution in [-0.4, -0.2) is 38.8 Å². The summed E-state index contributed by atoms with van der Waals surface area (Å²) in [6.07, 6.45) is 3.76. The molecule has 0 spiro atoms. The Hall–Kier alpha value is -1.14. The number of nitrogens with one attached hydrogen (secondary N) is 1. The molecule has 1 fully saturated rings. The highest BCUT2D eigenvalue weighted by atomic mass is 32.2. The van der Waals surface area contributed by atoms with Crippen molar-refractivity contribution < 1.29 is 8.42 Å². The largest absolute Gasteiger partial charge is 0.355 e. The molecule has 0 aromatic carbocycles. The first kappa shape index (κ1) is 11.3. The third-order valence-corrected chi connectivity index (χ3v) is 3.30. The second kappa shape index (κ2) is 4.39. The Kier molecular flexibility index (Phi) is 3.11. The SMILES string of the molecule is CS(=O)(=O)N[C@@H]1CCN(c2ccccn2)C1. The summed E-state index contributed by atoms with van der Waals surface area (Å²) in [6.45, 7) is 1.52. The monoisotopic (exact) mass is 241 g/mol. The number of pyridine rings is 1. The average molecular weight is 241 g/mol. The summed E-state index contributed by atoms with van der Waals surface area (Å²) in [4.78, 5) is 6.33. The van der Waals surface area contributed by atoms with Gasteiger partial charge in [0, 0.05) is 25.3 Å². The summed E-state index contributed by atoms with van der Waals surface area (Å²) in [5.74, 6) is 0.903. The van der Waals surface area contributed by atoms with E-state index in [-0.39, 0.29) is 6.04 Å². The zero-order valence-electron chi connectivity index (χ0n) is 9.13. The van der Waals surface area contributed by atoms with Crippen LogP contribution in [0.5, 0.6) is 0 Å². The van der Waals surface area contributed by atoms with E-state index < -0.39 is 10.0 Å². The van der Waals surface area contributed by atoms with Crippen molar-refractivity contribution in [3.63, 3.8) is 0 Å². The summed E-state index contributed by atoms with van der Waals surface area (Å²) in [6, 6.07) is 5.73. The van der Waals surface area contributed by atoms with Gasteiger partial charge >= 0.3 is 0 Å². The third-order valence-electron chi connectivity index (χ3n) is 2.54. The molecule has 88 valence electrons. The Morgan fingerprint density at radius 2 is 2.31 bits per heavy atom. The third kappa shape index (κ3) is 2.93. The molecule has 0 aliphatic carbocycles. The molecule has 0 unspecified atom stereocenters. The minimum absolute atomic E-state index is 0.00277. The Labute approximate surface area is 95.5 Å². The fraction of sp³-hybridized carbons (Fsp3) is 0.500. The average Bonchev–Trinajstić information content (AvgIpc) is 2.65. The molecule has 16 heavy (non-hydrogen) atoms. The molecule has 1 aromatic rings. The number of rotatable bonds is 3. The molecule has 1 saturated heterocycles. The van der Waals surface area contributed by atoms with E-state index in [0.29, 0.717) is 6.54 Å². The maximum atomic E-state index is 11.1. The van der Waals surface area contributed by atoms with Gasteiger partial charge in [-0.15, -0.1) is 0 Å². The molecule has 6 heteroatoms. The van der Waals surface area contributed by atoms with Crippen LogP contribution in [0.4, 0.5) is 5.82 Å². The van der Waals surface area contributed by atoms with E-state index in [4.69, 9.17) is 0 Å². The van der Waals surface area contributed by atoms with Crippen molar-refractivity contribution in [3.05, 3.63) is 24.4 Å². The van der Waals surface area contributed by atoms with Crippen molar-refractivity contribution >= 4 is 15.8 Å². The van der Waals surface area contributed by atoms with Crippen LogP contribution in [0.25, 0.3) is 0 Å². The Bertz CT molecular complexity index is 446. The summed E-state index contributed by atoms with van der Waals surface area (Å²) >= 11 is 0. The number of hydrogen-bond acceptors (Lipinski definition) is 4. The minimum Gasteiger partial charge on any atom is -0.355 e. The lowest BCUT2D eigenvalue weighted by Gasteiger charge is -2.17. The van der Waals surface area contributed by atoms with Crippen LogP contribution >= 0.6 is 0 Å². The molecule has 2 heterocycles. The van der Waals surface area contributed by atoms with E-state index in [9.17, 15) is 8.42 Å². The quantitative estimate of drug-likeness (QED) is 0.821. The van der Waals surface area contributed by atoms with Crippen molar-refractivity contribution in [1.82, 2.24) is 9.71 Å². The fourth-order valence-electron chi connectivity index (χ4n) is 1.91. The first-order valence-corrected chi connectivity index (χ1v) is 7.07. The summed E-state index contributed by atoms with van der Waals surface area (Å²) in [7, 11) is -3.11. The lowest BCUT2D eigenvalue weighted by molar-refractivity contribution is 0.567. The summed E-state index contributed by atoms with van der Waals surface area (Å²) in [5, 5.41) is 0. The van der Waals surface area contributed by atoms with Gasteiger partial charge in [-0.05, 0) is 18.6 Å². The maximum absolute atomic E-state index is 11.1. The van der Waals surface area contributed by atoms with Gasteiger partial charge in [0.25, 0.3) is 0 Å². The van der Waals surface area contributed by atoms with Crippen LogP contribution in [-0.2, 0) is 10.0 Å². The molecular formula is C10H15N3O2S. The van der Waals surface area contributed by atoms with Crippen LogP contribution in [0, 0.1) is 0 Å². The molecule has 1 aliphatic rings. The van der Waals surface area contributed by atoms with Gasteiger partial charge < -0.3 is 4.90 Å². The molecule has 2 rings (SSSR count). The number of nitrogens with zero attached hydrogens (tertiary/aromatic N) is 2. The fourth-order valence-corrected chi connectivity index (χ4v) is 2.71. The topological polar surface area (TPSA) is 62.3 Å². The van der Waals surface area contributed by atoms with Crippen molar-refractivity contribution in [2.45, 2.75) is 12.5 Å². The minimum atomic E-state index is -3.11. The van der Waals surface area contributed by atoms with E-state index in [1.54, 1.807) is 6.20 Å². The van der Waals surface area contributed by atoms with Crippen LogP contribution in [0.15, 0.2) is 24.4 Å². The first-order valence-electron chi connectivity index (χ1n) is 5.18. The maximum Gasteiger partial charge on any atom is 0.209 e. The van der Waals surface area contributed by atoms with Gasteiger partial charge in [0.1, 0.15) is 5.82 Å². The number of sulfonamides is 1. The van der Waals surface area contributed by atoms with E-state index >= 15 is 0 Å². The molecule has 1 N–H and O–H groups in total. The van der Waals surface area contributed by atoms with Gasteiger partial charge in [-0.25, -0.2) is 18.1 Å². The Balaban J connectivity index is 1.99. The normalized spacial score (nSPS) is 21.3. The van der Waals surface area contributed by atoms with Gasteiger partial charge in [-0.2, -0.15) is 0 Å². The molecule has 0 saturated carbocycles. The Morgan fingerprint density at radius 3 is 2.94 bits per heavy atom. The van der Waals surface area contributed by atoms with Crippen LogP contribution < -0.4 is 9.62 Å². The lowest BCUT2D eigenvalue weighted by atomic mass is 10.3. The summed E-state index contributed by atoms with van der Waals surface area (Å²) < 4.78 is 24.8. The second-order valence-electron chi connectivity index (χ2n) is 4.01. The van der Waals surface area contributed by atoms with Crippen molar-refractivity contribution in [1.29, 1.82) is 0 Å². The predicted octanol–water partition coefficient (Wildman–Crippen LogP) is 0.209. The highest BCUT2D eigenvalue weighted by Crippen LogP contribution is 2.17. The lowest BCUT2D eigenvalue weighted by Crippen LogP contribution is -2.36. The zero-order chi connectivity index (χ0) is 11.6. The molecule has 0 radical (unpaired) electrons. The highest BCUT2D eigenvalue weighted by molar-refractivity contribution is 7.88. The second-order valence-corrected chi connectivity index (χ2v) is 5.79. The molecule has 1 aliphatic heterocycles. The predicted molar refractivity (Wildman–Crippen MR) is 62.8 cm³/mol. The van der Waals surface area contributed by atoms with Crippen LogP contribution in [0.2, 0.25) is 0 Å². The van der Waals surface area contributed by atoms with Crippen molar-refractivity contribution in [3.8, 4) is 0 Å².